The highest BCUT2D eigenvalue weighted by atomic mass is 19.4. The highest BCUT2D eigenvalue weighted by molar-refractivity contribution is 5.82. The second-order valence-corrected chi connectivity index (χ2v) is 5.00. The van der Waals surface area contributed by atoms with E-state index in [-0.39, 0.29) is 12.1 Å². The van der Waals surface area contributed by atoms with Gasteiger partial charge in [0.15, 0.2) is 0 Å². The highest BCUT2D eigenvalue weighted by Gasteiger charge is 2.51. The van der Waals surface area contributed by atoms with Crippen LogP contribution in [0.25, 0.3) is 0 Å². The lowest BCUT2D eigenvalue weighted by molar-refractivity contribution is -0.143. The van der Waals surface area contributed by atoms with E-state index in [2.05, 4.69) is 5.32 Å². The van der Waals surface area contributed by atoms with E-state index in [1.807, 2.05) is 0 Å². The minimum atomic E-state index is -4.35. The number of rotatable bonds is 4. The van der Waals surface area contributed by atoms with Crippen LogP contribution >= 0.6 is 0 Å². The zero-order valence-electron chi connectivity index (χ0n) is 10.1. The molecule has 2 saturated heterocycles. The monoisotopic (exact) mass is 280 g/mol. The van der Waals surface area contributed by atoms with Gasteiger partial charge >= 0.3 is 12.1 Å². The molecule has 2 bridgehead atoms. The standard InChI is InChI=1S/C11H15F3N2O3/c12-11(13,14)5-15-4-9(17)16-6-1-2-8(16)7(3-6)10(18)19/h6-8,15H,1-5H2,(H,18,19). The molecule has 0 aromatic heterocycles. The first-order valence-corrected chi connectivity index (χ1v) is 6.11. The average molecular weight is 280 g/mol. The van der Waals surface area contributed by atoms with E-state index >= 15 is 0 Å². The molecule has 3 atom stereocenters. The molecule has 2 aliphatic rings. The Morgan fingerprint density at radius 2 is 2.00 bits per heavy atom. The Morgan fingerprint density at radius 3 is 2.53 bits per heavy atom. The smallest absolute Gasteiger partial charge is 0.401 e. The molecule has 2 aliphatic heterocycles. The Hall–Kier alpha value is -1.31. The van der Waals surface area contributed by atoms with Gasteiger partial charge in [0, 0.05) is 12.1 Å². The molecule has 5 nitrogen and oxygen atoms in total. The van der Waals surface area contributed by atoms with Crippen LogP contribution in [0.2, 0.25) is 0 Å². The number of alkyl halides is 3. The maximum Gasteiger partial charge on any atom is 0.401 e. The van der Waals surface area contributed by atoms with Crippen molar-refractivity contribution in [2.24, 2.45) is 5.92 Å². The third kappa shape index (κ3) is 2.99. The van der Waals surface area contributed by atoms with Crippen LogP contribution < -0.4 is 5.32 Å². The molecule has 1 amide bonds. The fourth-order valence-corrected chi connectivity index (χ4v) is 3.05. The molecule has 3 unspecified atom stereocenters. The van der Waals surface area contributed by atoms with Gasteiger partial charge in [-0.1, -0.05) is 0 Å². The van der Waals surface area contributed by atoms with Crippen molar-refractivity contribution in [3.63, 3.8) is 0 Å². The van der Waals surface area contributed by atoms with Crippen molar-refractivity contribution >= 4 is 11.9 Å². The Kier molecular flexibility index (Phi) is 3.71. The van der Waals surface area contributed by atoms with Crippen molar-refractivity contribution in [3.05, 3.63) is 0 Å². The van der Waals surface area contributed by atoms with Crippen molar-refractivity contribution < 1.29 is 27.9 Å². The molecular weight excluding hydrogens is 265 g/mol. The first kappa shape index (κ1) is 14.1. The van der Waals surface area contributed by atoms with E-state index in [0.717, 1.165) is 6.42 Å². The predicted octanol–water partition coefficient (Wildman–Crippen LogP) is 0.602. The van der Waals surface area contributed by atoms with Crippen LogP contribution in [0.1, 0.15) is 19.3 Å². The number of hydrogen-bond donors (Lipinski definition) is 2. The van der Waals surface area contributed by atoms with E-state index < -0.39 is 37.1 Å². The molecule has 108 valence electrons. The van der Waals surface area contributed by atoms with Gasteiger partial charge in [-0.25, -0.2) is 0 Å². The minimum Gasteiger partial charge on any atom is -0.481 e. The van der Waals surface area contributed by atoms with E-state index in [0.29, 0.717) is 12.8 Å². The summed E-state index contributed by atoms with van der Waals surface area (Å²) in [7, 11) is 0. The van der Waals surface area contributed by atoms with Crippen molar-refractivity contribution in [2.45, 2.75) is 37.5 Å². The Balaban J connectivity index is 1.89. The number of hydrogen-bond acceptors (Lipinski definition) is 3. The molecule has 0 aromatic rings. The van der Waals surface area contributed by atoms with Gasteiger partial charge in [-0.3, -0.25) is 9.59 Å². The predicted molar refractivity (Wildman–Crippen MR) is 58.3 cm³/mol. The molecule has 2 heterocycles. The van der Waals surface area contributed by atoms with Crippen LogP contribution in [-0.2, 0) is 9.59 Å². The first-order chi connectivity index (χ1) is 8.79. The van der Waals surface area contributed by atoms with E-state index in [1.54, 1.807) is 0 Å². The first-order valence-electron chi connectivity index (χ1n) is 6.11. The van der Waals surface area contributed by atoms with E-state index in [1.165, 1.54) is 4.90 Å². The van der Waals surface area contributed by atoms with Crippen LogP contribution in [0, 0.1) is 5.92 Å². The summed E-state index contributed by atoms with van der Waals surface area (Å²) in [6, 6.07) is -0.492. The number of carbonyl (C=O) groups excluding carboxylic acids is 1. The van der Waals surface area contributed by atoms with Crippen LogP contribution in [-0.4, -0.2) is 53.2 Å². The van der Waals surface area contributed by atoms with E-state index in [9.17, 15) is 22.8 Å². The number of nitrogens with zero attached hydrogens (tertiary/aromatic N) is 1. The van der Waals surface area contributed by atoms with Gasteiger partial charge in [0.05, 0.1) is 19.0 Å². The van der Waals surface area contributed by atoms with E-state index in [4.69, 9.17) is 5.11 Å². The number of carbonyl (C=O) groups is 2. The van der Waals surface area contributed by atoms with Crippen LogP contribution in [0.15, 0.2) is 0 Å². The zero-order chi connectivity index (χ0) is 14.2. The highest BCUT2D eigenvalue weighted by Crippen LogP contribution is 2.41. The summed E-state index contributed by atoms with van der Waals surface area (Å²) in [5, 5.41) is 11.1. The molecule has 0 aromatic carbocycles. The molecule has 0 aliphatic carbocycles. The number of nitrogens with one attached hydrogen (secondary N) is 1. The molecule has 2 N–H and O–H groups in total. The van der Waals surface area contributed by atoms with Crippen molar-refractivity contribution in [3.8, 4) is 0 Å². The number of aliphatic carboxylic acids is 1. The Morgan fingerprint density at radius 1 is 1.32 bits per heavy atom. The van der Waals surface area contributed by atoms with Gasteiger partial charge in [-0.15, -0.1) is 0 Å². The van der Waals surface area contributed by atoms with Gasteiger partial charge in [-0.05, 0) is 19.3 Å². The van der Waals surface area contributed by atoms with Crippen LogP contribution in [0.3, 0.4) is 0 Å². The molecule has 19 heavy (non-hydrogen) atoms. The minimum absolute atomic E-state index is 0.133. The summed E-state index contributed by atoms with van der Waals surface area (Å²) >= 11 is 0. The average Bonchev–Trinajstić information content (AvgIpc) is 2.83. The largest absolute Gasteiger partial charge is 0.481 e. The Bertz CT molecular complexity index is 386. The van der Waals surface area contributed by atoms with Crippen molar-refractivity contribution in [1.82, 2.24) is 10.2 Å². The lowest BCUT2D eigenvalue weighted by Crippen LogP contribution is -2.44. The molecule has 2 rings (SSSR count). The molecule has 0 saturated carbocycles. The van der Waals surface area contributed by atoms with Gasteiger partial charge < -0.3 is 15.3 Å². The molecular formula is C11H15F3N2O3. The van der Waals surface area contributed by atoms with Gasteiger partial charge in [0.25, 0.3) is 0 Å². The fraction of sp³-hybridized carbons (Fsp3) is 0.818. The SMILES string of the molecule is O=C(O)C1CC2CCC1N2C(=O)CNCC(F)(F)F. The van der Waals surface area contributed by atoms with Crippen molar-refractivity contribution in [1.29, 1.82) is 0 Å². The number of amides is 1. The summed E-state index contributed by atoms with van der Waals surface area (Å²) in [6.07, 6.45) is -2.59. The van der Waals surface area contributed by atoms with Crippen LogP contribution in [0.4, 0.5) is 13.2 Å². The Labute approximate surface area is 107 Å². The van der Waals surface area contributed by atoms with Crippen molar-refractivity contribution in [2.75, 3.05) is 13.1 Å². The van der Waals surface area contributed by atoms with Gasteiger partial charge in [-0.2, -0.15) is 13.2 Å². The third-order valence-corrected chi connectivity index (χ3v) is 3.74. The summed E-state index contributed by atoms with van der Waals surface area (Å²) < 4.78 is 35.9. The lowest BCUT2D eigenvalue weighted by atomic mass is 9.89. The number of fused-ring (bicyclic) bond motifs is 2. The normalized spacial score (nSPS) is 29.8. The number of carboxylic acid groups (broad SMARTS) is 1. The molecule has 2 fully saturated rings. The third-order valence-electron chi connectivity index (χ3n) is 3.74. The number of halogens is 3. The quantitative estimate of drug-likeness (QED) is 0.791. The lowest BCUT2D eigenvalue weighted by Gasteiger charge is -2.23. The summed E-state index contributed by atoms with van der Waals surface area (Å²) in [5.41, 5.74) is 0. The fourth-order valence-electron chi connectivity index (χ4n) is 3.05. The topological polar surface area (TPSA) is 69.6 Å². The van der Waals surface area contributed by atoms with Gasteiger partial charge in [0.2, 0.25) is 5.91 Å². The molecule has 0 spiro atoms. The summed E-state index contributed by atoms with van der Waals surface area (Å²) in [6.45, 7) is -1.62. The second kappa shape index (κ2) is 4.99. The molecule has 8 heteroatoms. The van der Waals surface area contributed by atoms with Crippen LogP contribution in [0.5, 0.6) is 0 Å². The summed E-state index contributed by atoms with van der Waals surface area (Å²) in [4.78, 5) is 24.3. The maximum atomic E-state index is 12.0. The summed E-state index contributed by atoms with van der Waals surface area (Å²) in [5.74, 6) is -1.96. The van der Waals surface area contributed by atoms with Gasteiger partial charge in [0.1, 0.15) is 0 Å². The zero-order valence-corrected chi connectivity index (χ0v) is 10.1. The second-order valence-electron chi connectivity index (χ2n) is 5.00. The molecule has 0 radical (unpaired) electrons. The maximum absolute atomic E-state index is 12.0. The number of carboxylic acids is 1.